The second-order valence-corrected chi connectivity index (χ2v) is 6.89. The highest BCUT2D eigenvalue weighted by Crippen LogP contribution is 2.34. The average Bonchev–Trinajstić information content (AvgIpc) is 2.58. The summed E-state index contributed by atoms with van der Waals surface area (Å²) in [5, 5.41) is 13.5. The van der Waals surface area contributed by atoms with E-state index in [9.17, 15) is 31.7 Å². The number of anilines is 1. The van der Waals surface area contributed by atoms with Crippen LogP contribution in [-0.2, 0) is 16.2 Å². The summed E-state index contributed by atoms with van der Waals surface area (Å²) >= 11 is 0. The zero-order valence-electron chi connectivity index (χ0n) is 13.2. The first-order chi connectivity index (χ1) is 12.1. The molecule has 7 nitrogen and oxygen atoms in total. The standard InChI is InChI=1S/C15H14F3N3O4S/c16-15(17,18)11-6-7-13(14(10-11)21(22)23)19-8-9-20-26(24,25)12-4-2-1-3-5-12/h1-7,10,19-20H,8-9H2. The summed E-state index contributed by atoms with van der Waals surface area (Å²) in [5.41, 5.74) is -2.02. The van der Waals surface area contributed by atoms with Gasteiger partial charge in [0.2, 0.25) is 10.0 Å². The van der Waals surface area contributed by atoms with E-state index in [2.05, 4.69) is 10.0 Å². The highest BCUT2D eigenvalue weighted by atomic mass is 32.2. The molecule has 11 heteroatoms. The van der Waals surface area contributed by atoms with Crippen LogP contribution in [0.25, 0.3) is 0 Å². The monoisotopic (exact) mass is 389 g/mol. The number of hydrogen-bond acceptors (Lipinski definition) is 5. The molecular formula is C15H14F3N3O4S. The number of nitro benzene ring substituents is 1. The fraction of sp³-hybridized carbons (Fsp3) is 0.200. The van der Waals surface area contributed by atoms with Gasteiger partial charge in [0.1, 0.15) is 5.69 Å². The quantitative estimate of drug-likeness (QED) is 0.431. The molecule has 0 aliphatic rings. The van der Waals surface area contributed by atoms with Crippen LogP contribution in [0.2, 0.25) is 0 Å². The van der Waals surface area contributed by atoms with Crippen LogP contribution in [-0.4, -0.2) is 26.4 Å². The second kappa shape index (κ2) is 7.70. The van der Waals surface area contributed by atoms with Gasteiger partial charge in [0.05, 0.1) is 15.4 Å². The molecule has 0 unspecified atom stereocenters. The third-order valence-corrected chi connectivity index (χ3v) is 4.78. The van der Waals surface area contributed by atoms with Gasteiger partial charge in [-0.1, -0.05) is 18.2 Å². The Morgan fingerprint density at radius 1 is 1.04 bits per heavy atom. The molecule has 0 radical (unpaired) electrons. The lowest BCUT2D eigenvalue weighted by molar-refractivity contribution is -0.384. The molecule has 26 heavy (non-hydrogen) atoms. The number of halogens is 3. The highest BCUT2D eigenvalue weighted by Gasteiger charge is 2.33. The maximum Gasteiger partial charge on any atom is 0.416 e. The molecular weight excluding hydrogens is 375 g/mol. The van der Waals surface area contributed by atoms with Gasteiger partial charge >= 0.3 is 6.18 Å². The van der Waals surface area contributed by atoms with E-state index in [1.165, 1.54) is 12.1 Å². The van der Waals surface area contributed by atoms with E-state index in [1.54, 1.807) is 18.2 Å². The van der Waals surface area contributed by atoms with Gasteiger partial charge < -0.3 is 5.32 Å². The molecule has 0 saturated heterocycles. The Labute approximate surface area is 147 Å². The first kappa shape index (κ1) is 19.7. The molecule has 2 aromatic carbocycles. The summed E-state index contributed by atoms with van der Waals surface area (Å²) in [6, 6.07) is 9.64. The first-order valence-corrected chi connectivity index (χ1v) is 8.74. The Morgan fingerprint density at radius 2 is 1.69 bits per heavy atom. The molecule has 2 rings (SSSR count). The smallest absolute Gasteiger partial charge is 0.378 e. The average molecular weight is 389 g/mol. The fourth-order valence-corrected chi connectivity index (χ4v) is 3.13. The molecule has 0 aliphatic carbocycles. The topological polar surface area (TPSA) is 101 Å². The predicted octanol–water partition coefficient (Wildman–Crippen LogP) is 3.00. The molecule has 0 aliphatic heterocycles. The maximum absolute atomic E-state index is 12.6. The minimum absolute atomic E-state index is 0.0560. The van der Waals surface area contributed by atoms with Crippen molar-refractivity contribution in [2.75, 3.05) is 18.4 Å². The normalized spacial score (nSPS) is 12.0. The van der Waals surface area contributed by atoms with E-state index in [4.69, 9.17) is 0 Å². The van der Waals surface area contributed by atoms with E-state index in [1.807, 2.05) is 0 Å². The highest BCUT2D eigenvalue weighted by molar-refractivity contribution is 7.89. The van der Waals surface area contributed by atoms with Crippen molar-refractivity contribution in [2.45, 2.75) is 11.1 Å². The summed E-state index contributed by atoms with van der Waals surface area (Å²) in [6.45, 7) is -0.173. The molecule has 0 amide bonds. The molecule has 0 bridgehead atoms. The van der Waals surface area contributed by atoms with Gasteiger partial charge in [-0.3, -0.25) is 10.1 Å². The SMILES string of the molecule is O=[N+]([O-])c1cc(C(F)(F)F)ccc1NCCNS(=O)(=O)c1ccccc1. The van der Waals surface area contributed by atoms with E-state index >= 15 is 0 Å². The maximum atomic E-state index is 12.6. The third kappa shape index (κ3) is 4.92. The Hall–Kier alpha value is -2.66. The van der Waals surface area contributed by atoms with Crippen LogP contribution in [0.4, 0.5) is 24.5 Å². The first-order valence-electron chi connectivity index (χ1n) is 7.25. The number of nitrogens with one attached hydrogen (secondary N) is 2. The number of rotatable bonds is 7. The largest absolute Gasteiger partial charge is 0.416 e. The van der Waals surface area contributed by atoms with Gasteiger partial charge in [-0.05, 0) is 24.3 Å². The van der Waals surface area contributed by atoms with Crippen LogP contribution < -0.4 is 10.0 Å². The van der Waals surface area contributed by atoms with Crippen LogP contribution in [0.3, 0.4) is 0 Å². The minimum atomic E-state index is -4.70. The van der Waals surface area contributed by atoms with Crippen molar-refractivity contribution >= 4 is 21.4 Å². The van der Waals surface area contributed by atoms with Crippen LogP contribution in [0.5, 0.6) is 0 Å². The summed E-state index contributed by atoms with van der Waals surface area (Å²) in [5.74, 6) is 0. The van der Waals surface area contributed by atoms with Crippen molar-refractivity contribution in [3.8, 4) is 0 Å². The lowest BCUT2D eigenvalue weighted by atomic mass is 10.1. The van der Waals surface area contributed by atoms with Crippen molar-refractivity contribution in [3.05, 3.63) is 64.2 Å². The van der Waals surface area contributed by atoms with Gasteiger partial charge in [0.15, 0.2) is 0 Å². The number of alkyl halides is 3. The molecule has 0 atom stereocenters. The molecule has 140 valence electrons. The van der Waals surface area contributed by atoms with Crippen molar-refractivity contribution in [1.82, 2.24) is 4.72 Å². The van der Waals surface area contributed by atoms with Gasteiger partial charge in [-0.25, -0.2) is 13.1 Å². The van der Waals surface area contributed by atoms with Crippen molar-refractivity contribution in [3.63, 3.8) is 0 Å². The number of sulfonamides is 1. The summed E-state index contributed by atoms with van der Waals surface area (Å²) in [6.07, 6.45) is -4.70. The zero-order valence-corrected chi connectivity index (χ0v) is 14.0. The van der Waals surface area contributed by atoms with Crippen LogP contribution >= 0.6 is 0 Å². The zero-order chi connectivity index (χ0) is 19.4. The molecule has 0 saturated carbocycles. The van der Waals surface area contributed by atoms with Crippen molar-refractivity contribution < 1.29 is 26.5 Å². The Morgan fingerprint density at radius 3 is 2.27 bits per heavy atom. The van der Waals surface area contributed by atoms with E-state index in [0.29, 0.717) is 12.1 Å². The predicted molar refractivity (Wildman–Crippen MR) is 88.2 cm³/mol. The number of nitrogens with zero attached hydrogens (tertiary/aromatic N) is 1. The Balaban J connectivity index is 2.03. The van der Waals surface area contributed by atoms with Gasteiger partial charge in [-0.2, -0.15) is 13.2 Å². The summed E-state index contributed by atoms with van der Waals surface area (Å²) in [4.78, 5) is 10.1. The van der Waals surface area contributed by atoms with Gasteiger partial charge in [0.25, 0.3) is 5.69 Å². The van der Waals surface area contributed by atoms with Crippen LogP contribution in [0, 0.1) is 10.1 Å². The molecule has 0 spiro atoms. The molecule has 0 heterocycles. The Kier molecular flexibility index (Phi) is 5.83. The van der Waals surface area contributed by atoms with Crippen LogP contribution in [0.15, 0.2) is 53.4 Å². The number of nitro groups is 1. The number of benzene rings is 2. The van der Waals surface area contributed by atoms with Gasteiger partial charge in [-0.15, -0.1) is 0 Å². The Bertz CT molecular complexity index is 887. The van der Waals surface area contributed by atoms with Crippen molar-refractivity contribution in [2.24, 2.45) is 0 Å². The third-order valence-electron chi connectivity index (χ3n) is 3.31. The lowest BCUT2D eigenvalue weighted by Gasteiger charge is -2.11. The van der Waals surface area contributed by atoms with E-state index < -0.39 is 32.4 Å². The van der Waals surface area contributed by atoms with E-state index in [0.717, 1.165) is 6.07 Å². The molecule has 2 aromatic rings. The number of hydrogen-bond donors (Lipinski definition) is 2. The second-order valence-electron chi connectivity index (χ2n) is 5.12. The summed E-state index contributed by atoms with van der Waals surface area (Å²) in [7, 11) is -3.74. The van der Waals surface area contributed by atoms with Crippen LogP contribution in [0.1, 0.15) is 5.56 Å². The fourth-order valence-electron chi connectivity index (χ4n) is 2.07. The summed E-state index contributed by atoms with van der Waals surface area (Å²) < 4.78 is 64.2. The lowest BCUT2D eigenvalue weighted by Crippen LogP contribution is -2.29. The van der Waals surface area contributed by atoms with E-state index in [-0.39, 0.29) is 23.7 Å². The minimum Gasteiger partial charge on any atom is -0.378 e. The molecule has 2 N–H and O–H groups in total. The van der Waals surface area contributed by atoms with Crippen molar-refractivity contribution in [1.29, 1.82) is 0 Å². The van der Waals surface area contributed by atoms with Gasteiger partial charge in [0, 0.05) is 19.2 Å². The molecule has 0 aromatic heterocycles. The molecule has 0 fully saturated rings.